The highest BCUT2D eigenvalue weighted by Crippen LogP contribution is 2.28. The van der Waals surface area contributed by atoms with Crippen molar-refractivity contribution in [3.63, 3.8) is 0 Å². The predicted octanol–water partition coefficient (Wildman–Crippen LogP) is 3.70. The molecule has 3 nitrogen and oxygen atoms in total. The molecule has 0 aliphatic heterocycles. The first-order valence-electron chi connectivity index (χ1n) is 5.56. The van der Waals surface area contributed by atoms with Gasteiger partial charge in [-0.15, -0.1) is 21.8 Å². The van der Waals surface area contributed by atoms with Crippen LogP contribution in [-0.4, -0.2) is 21.6 Å². The van der Waals surface area contributed by atoms with Crippen LogP contribution < -0.4 is 5.32 Å². The molecule has 102 valence electrons. The first-order valence-corrected chi connectivity index (χ1v) is 6.09. The van der Waals surface area contributed by atoms with Crippen molar-refractivity contribution in [1.29, 1.82) is 0 Å². The fourth-order valence-electron chi connectivity index (χ4n) is 1.40. The molecule has 7 heteroatoms. The minimum Gasteiger partial charge on any atom is -0.363 e. The summed E-state index contributed by atoms with van der Waals surface area (Å²) in [7, 11) is 0. The van der Waals surface area contributed by atoms with Gasteiger partial charge in [-0.3, -0.25) is 0 Å². The van der Waals surface area contributed by atoms with Crippen molar-refractivity contribution in [3.8, 4) is 0 Å². The van der Waals surface area contributed by atoms with Gasteiger partial charge in [-0.1, -0.05) is 6.92 Å². The van der Waals surface area contributed by atoms with Crippen molar-refractivity contribution in [2.45, 2.75) is 38.4 Å². The average molecular weight is 282 g/mol. The van der Waals surface area contributed by atoms with Crippen LogP contribution in [0, 0.1) is 0 Å². The van der Waals surface area contributed by atoms with Gasteiger partial charge < -0.3 is 5.32 Å². The van der Waals surface area contributed by atoms with Gasteiger partial charge in [0.2, 0.25) is 0 Å². The maximum Gasteiger partial charge on any atom is 0.435 e. The lowest BCUT2D eigenvalue weighted by molar-refractivity contribution is -0.141. The molecule has 1 atom stereocenters. The Hall–Kier alpha value is -1.04. The summed E-state index contributed by atoms with van der Waals surface area (Å²) in [5.74, 6) is 0.781. The van der Waals surface area contributed by atoms with Gasteiger partial charge in [0.1, 0.15) is 5.82 Å². The highest BCUT2D eigenvalue weighted by Gasteiger charge is 2.33. The Labute approximate surface area is 109 Å². The van der Waals surface area contributed by atoms with Crippen LogP contribution in [0.5, 0.6) is 0 Å². The quantitative estimate of drug-likeness (QED) is 0.836. The zero-order chi connectivity index (χ0) is 13.8. The zero-order valence-corrected chi connectivity index (χ0v) is 10.9. The minimum atomic E-state index is -4.46. The average Bonchev–Trinajstić information content (AvgIpc) is 2.29. The van der Waals surface area contributed by atoms with Crippen LogP contribution in [0.3, 0.4) is 0 Å². The van der Waals surface area contributed by atoms with Crippen LogP contribution >= 0.6 is 11.6 Å². The third-order valence-corrected chi connectivity index (χ3v) is 3.00. The summed E-state index contributed by atoms with van der Waals surface area (Å²) < 4.78 is 36.9. The first kappa shape index (κ1) is 15.0. The van der Waals surface area contributed by atoms with Crippen LogP contribution in [0.1, 0.15) is 32.4 Å². The van der Waals surface area contributed by atoms with Crippen molar-refractivity contribution in [3.05, 3.63) is 17.8 Å². The van der Waals surface area contributed by atoms with Crippen molar-refractivity contribution in [2.75, 3.05) is 11.2 Å². The lowest BCUT2D eigenvalue weighted by Crippen LogP contribution is -2.35. The monoisotopic (exact) mass is 281 g/mol. The van der Waals surface area contributed by atoms with Gasteiger partial charge >= 0.3 is 6.18 Å². The van der Waals surface area contributed by atoms with Gasteiger partial charge in [-0.05, 0) is 31.9 Å². The summed E-state index contributed by atoms with van der Waals surface area (Å²) in [6.07, 6.45) is -2.99. The molecule has 1 rings (SSSR count). The number of hydrogen-bond donors (Lipinski definition) is 1. The van der Waals surface area contributed by atoms with Gasteiger partial charge in [0.15, 0.2) is 5.69 Å². The number of nitrogens with zero attached hydrogens (tertiary/aromatic N) is 2. The molecule has 0 aromatic carbocycles. The topological polar surface area (TPSA) is 37.8 Å². The predicted molar refractivity (Wildman–Crippen MR) is 64.7 cm³/mol. The summed E-state index contributed by atoms with van der Waals surface area (Å²) in [4.78, 5) is 0. The Balaban J connectivity index is 2.80. The van der Waals surface area contributed by atoms with Crippen molar-refractivity contribution in [2.24, 2.45) is 0 Å². The number of alkyl halides is 4. The summed E-state index contributed by atoms with van der Waals surface area (Å²) in [5, 5.41) is 9.75. The number of halogens is 4. The molecule has 0 saturated heterocycles. The smallest absolute Gasteiger partial charge is 0.363 e. The van der Waals surface area contributed by atoms with Crippen LogP contribution in [0.15, 0.2) is 12.1 Å². The second-order valence-corrected chi connectivity index (χ2v) is 4.66. The number of anilines is 1. The summed E-state index contributed by atoms with van der Waals surface area (Å²) in [6.45, 7) is 3.91. The van der Waals surface area contributed by atoms with E-state index in [9.17, 15) is 13.2 Å². The molecular formula is C11H15ClF3N3. The molecule has 0 aliphatic rings. The molecule has 0 fully saturated rings. The third-order valence-electron chi connectivity index (χ3n) is 2.81. The normalized spacial score (nSPS) is 15.2. The lowest BCUT2D eigenvalue weighted by Gasteiger charge is -2.29. The van der Waals surface area contributed by atoms with E-state index in [2.05, 4.69) is 15.5 Å². The van der Waals surface area contributed by atoms with E-state index in [0.29, 0.717) is 18.1 Å². The maximum absolute atomic E-state index is 12.3. The van der Waals surface area contributed by atoms with Crippen LogP contribution in [0.2, 0.25) is 0 Å². The Morgan fingerprint density at radius 2 is 1.94 bits per heavy atom. The van der Waals surface area contributed by atoms with E-state index in [1.165, 1.54) is 6.07 Å². The molecule has 0 saturated carbocycles. The number of aromatic nitrogens is 2. The van der Waals surface area contributed by atoms with E-state index < -0.39 is 11.9 Å². The molecule has 0 amide bonds. The highest BCUT2D eigenvalue weighted by molar-refractivity contribution is 6.17. The molecular weight excluding hydrogens is 267 g/mol. The number of rotatable bonds is 5. The Morgan fingerprint density at radius 1 is 1.28 bits per heavy atom. The van der Waals surface area contributed by atoms with E-state index >= 15 is 0 Å². The number of nitrogens with one attached hydrogen (secondary N) is 1. The maximum atomic E-state index is 12.3. The molecule has 1 aromatic rings. The van der Waals surface area contributed by atoms with Gasteiger partial charge in [-0.2, -0.15) is 13.2 Å². The Kier molecular flexibility index (Phi) is 4.78. The summed E-state index contributed by atoms with van der Waals surface area (Å²) in [6, 6.07) is 2.18. The summed E-state index contributed by atoms with van der Waals surface area (Å²) >= 11 is 5.69. The van der Waals surface area contributed by atoms with Gasteiger partial charge in [0.05, 0.1) is 0 Å². The van der Waals surface area contributed by atoms with Crippen molar-refractivity contribution >= 4 is 17.4 Å². The van der Waals surface area contributed by atoms with Crippen LogP contribution in [0.25, 0.3) is 0 Å². The lowest BCUT2D eigenvalue weighted by atomic mass is 9.95. The van der Waals surface area contributed by atoms with Gasteiger partial charge in [0.25, 0.3) is 0 Å². The van der Waals surface area contributed by atoms with Gasteiger partial charge in [-0.25, -0.2) is 0 Å². The van der Waals surface area contributed by atoms with E-state index in [0.717, 1.165) is 12.5 Å². The molecule has 18 heavy (non-hydrogen) atoms. The van der Waals surface area contributed by atoms with Crippen molar-refractivity contribution in [1.82, 2.24) is 10.2 Å². The SMILES string of the molecule is CCC(C)(CCCl)Nc1ccc(C(F)(F)F)nn1. The standard InChI is InChI=1S/C11H15ClF3N3/c1-3-10(2,6-7-12)16-9-5-4-8(17-18-9)11(13,14)15/h4-5H,3,6-7H2,1-2H3,(H,16,18). The second kappa shape index (κ2) is 5.73. The fraction of sp³-hybridized carbons (Fsp3) is 0.636. The van der Waals surface area contributed by atoms with Crippen LogP contribution in [-0.2, 0) is 6.18 Å². The largest absolute Gasteiger partial charge is 0.435 e. The molecule has 1 heterocycles. The Bertz CT molecular complexity index is 380. The van der Waals surface area contributed by atoms with E-state index in [-0.39, 0.29) is 5.54 Å². The molecule has 1 unspecified atom stereocenters. The van der Waals surface area contributed by atoms with Crippen LogP contribution in [0.4, 0.5) is 19.0 Å². The third kappa shape index (κ3) is 4.01. The molecule has 0 aliphatic carbocycles. The molecule has 0 spiro atoms. The second-order valence-electron chi connectivity index (χ2n) is 4.28. The molecule has 0 bridgehead atoms. The zero-order valence-electron chi connectivity index (χ0n) is 10.2. The van der Waals surface area contributed by atoms with Crippen molar-refractivity contribution < 1.29 is 13.2 Å². The molecule has 0 radical (unpaired) electrons. The number of hydrogen-bond acceptors (Lipinski definition) is 3. The Morgan fingerprint density at radius 3 is 2.33 bits per heavy atom. The van der Waals surface area contributed by atoms with Gasteiger partial charge in [0, 0.05) is 11.4 Å². The minimum absolute atomic E-state index is 0.295. The summed E-state index contributed by atoms with van der Waals surface area (Å²) in [5.41, 5.74) is -1.29. The molecule has 1 N–H and O–H groups in total. The van der Waals surface area contributed by atoms with E-state index in [4.69, 9.17) is 11.6 Å². The van der Waals surface area contributed by atoms with E-state index in [1.54, 1.807) is 0 Å². The molecule has 1 aromatic heterocycles. The first-order chi connectivity index (χ1) is 8.30. The fourth-order valence-corrected chi connectivity index (χ4v) is 1.81. The van der Waals surface area contributed by atoms with E-state index in [1.807, 2.05) is 13.8 Å². The highest BCUT2D eigenvalue weighted by atomic mass is 35.5.